The van der Waals surface area contributed by atoms with E-state index < -0.39 is 21.2 Å². The third-order valence-corrected chi connectivity index (χ3v) is 9.51. The van der Waals surface area contributed by atoms with Gasteiger partial charge in [0, 0.05) is 0 Å². The number of hydrogen-bond acceptors (Lipinski definition) is 0. The summed E-state index contributed by atoms with van der Waals surface area (Å²) >= 11 is 0. The summed E-state index contributed by atoms with van der Waals surface area (Å²) in [6, 6.07) is 4.72. The molecule has 146 valence electrons. The van der Waals surface area contributed by atoms with Crippen LogP contribution in [0.5, 0.6) is 0 Å². The highest BCUT2D eigenvalue weighted by Gasteiger charge is 2.30. The van der Waals surface area contributed by atoms with E-state index in [1.165, 1.54) is 64.2 Å². The van der Waals surface area contributed by atoms with Gasteiger partial charge < -0.3 is 0 Å². The Labute approximate surface area is 161 Å². The first-order valence-electron chi connectivity index (χ1n) is 11.0. The Hall–Kier alpha value is -0.703. The van der Waals surface area contributed by atoms with Crippen LogP contribution in [0.4, 0.5) is 8.78 Å². The summed E-state index contributed by atoms with van der Waals surface area (Å²) in [5, 5.41) is 0.699. The minimum Gasteiger partial charge on any atom is -0.204 e. The largest absolute Gasteiger partial charge is 0.204 e. The lowest BCUT2D eigenvalue weighted by Crippen LogP contribution is -2.28. The van der Waals surface area contributed by atoms with E-state index in [9.17, 15) is 8.78 Å². The predicted octanol–water partition coefficient (Wildman–Crippen LogP) is 5.90. The monoisotopic (exact) mass is 378 g/mol. The van der Waals surface area contributed by atoms with Crippen molar-refractivity contribution in [3.63, 3.8) is 0 Å². The summed E-state index contributed by atoms with van der Waals surface area (Å²) in [7, 11) is -0.691. The molecule has 26 heavy (non-hydrogen) atoms. The van der Waals surface area contributed by atoms with Crippen molar-refractivity contribution in [1.82, 2.24) is 0 Å². The second kappa shape index (κ2) is 9.48. The highest BCUT2D eigenvalue weighted by molar-refractivity contribution is 6.53. The van der Waals surface area contributed by atoms with E-state index >= 15 is 0 Å². The molecule has 0 atom stereocenters. The highest BCUT2D eigenvalue weighted by Crippen LogP contribution is 2.42. The van der Waals surface area contributed by atoms with Crippen LogP contribution in [0.3, 0.4) is 0 Å². The maximum Gasteiger partial charge on any atom is 0.161 e. The van der Waals surface area contributed by atoms with Gasteiger partial charge in [0.1, 0.15) is 0 Å². The number of benzene rings is 1. The molecule has 2 saturated carbocycles. The quantitative estimate of drug-likeness (QED) is 0.541. The topological polar surface area (TPSA) is 0 Å². The normalized spacial score (nSPS) is 30.2. The van der Waals surface area contributed by atoms with E-state index in [1.54, 1.807) is 13.0 Å². The summed E-state index contributed by atoms with van der Waals surface area (Å²) in [4.78, 5) is 0. The fourth-order valence-corrected chi connectivity index (χ4v) is 7.50. The summed E-state index contributed by atoms with van der Waals surface area (Å²) in [6.07, 6.45) is 14.0. The van der Waals surface area contributed by atoms with Crippen LogP contribution in [0.2, 0.25) is 6.04 Å². The van der Waals surface area contributed by atoms with Gasteiger partial charge in [0.25, 0.3) is 0 Å². The Balaban J connectivity index is 1.41. The fraction of sp³-hybridized carbons (Fsp3) is 0.739. The zero-order chi connectivity index (χ0) is 18.5. The molecule has 3 rings (SSSR count). The second-order valence-electron chi connectivity index (χ2n) is 9.06. The lowest BCUT2D eigenvalue weighted by atomic mass is 9.69. The smallest absolute Gasteiger partial charge is 0.161 e. The predicted molar refractivity (Wildman–Crippen MR) is 110 cm³/mol. The molecule has 0 bridgehead atoms. The van der Waals surface area contributed by atoms with Crippen molar-refractivity contribution < 1.29 is 8.78 Å². The van der Waals surface area contributed by atoms with Crippen molar-refractivity contribution in [3.05, 3.63) is 29.3 Å². The molecular weight excluding hydrogens is 342 g/mol. The van der Waals surface area contributed by atoms with Gasteiger partial charge in [-0.05, 0) is 67.0 Å². The van der Waals surface area contributed by atoms with Gasteiger partial charge in [-0.1, -0.05) is 63.6 Å². The van der Waals surface area contributed by atoms with E-state index in [0.717, 1.165) is 29.7 Å². The number of rotatable bonds is 6. The fourth-order valence-electron chi connectivity index (χ4n) is 5.54. The van der Waals surface area contributed by atoms with Gasteiger partial charge in [0.2, 0.25) is 0 Å². The number of halogens is 2. The molecule has 0 spiro atoms. The van der Waals surface area contributed by atoms with Crippen molar-refractivity contribution >= 4 is 14.7 Å². The van der Waals surface area contributed by atoms with Gasteiger partial charge in [0.15, 0.2) is 11.6 Å². The molecule has 0 aliphatic heterocycles. The van der Waals surface area contributed by atoms with Gasteiger partial charge in [-0.3, -0.25) is 0 Å². The lowest BCUT2D eigenvalue weighted by Gasteiger charge is -2.38. The van der Waals surface area contributed by atoms with Crippen LogP contribution < -0.4 is 5.19 Å². The molecule has 0 saturated heterocycles. The van der Waals surface area contributed by atoms with E-state index in [1.807, 2.05) is 6.07 Å². The zero-order valence-electron chi connectivity index (χ0n) is 16.7. The molecule has 0 heterocycles. The Morgan fingerprint density at radius 3 is 2.00 bits per heavy atom. The van der Waals surface area contributed by atoms with Crippen molar-refractivity contribution in [2.24, 2.45) is 23.7 Å². The van der Waals surface area contributed by atoms with Crippen molar-refractivity contribution in [3.8, 4) is 0 Å². The van der Waals surface area contributed by atoms with Gasteiger partial charge in [-0.25, -0.2) is 8.78 Å². The van der Waals surface area contributed by atoms with Crippen LogP contribution in [-0.2, 0) is 0 Å². The standard InChI is InChI=1S/C23H36F2Si/c1-3-4-17-6-10-19(11-7-17)20-12-8-18(9-13-20)15-26-21-14-5-16(2)22(24)23(21)25/h5,14,17-20H,3-4,6-13,15,26H2,1-2H3. The molecule has 0 N–H and O–H groups in total. The molecule has 2 fully saturated rings. The third kappa shape index (κ3) is 4.97. The highest BCUT2D eigenvalue weighted by atomic mass is 28.2. The van der Waals surface area contributed by atoms with Crippen LogP contribution in [0, 0.1) is 42.2 Å². The summed E-state index contributed by atoms with van der Waals surface area (Å²) in [5.74, 6) is 2.50. The first-order chi connectivity index (χ1) is 12.6. The lowest BCUT2D eigenvalue weighted by molar-refractivity contribution is 0.147. The average Bonchev–Trinajstić information content (AvgIpc) is 2.67. The van der Waals surface area contributed by atoms with Crippen LogP contribution in [0.1, 0.15) is 76.7 Å². The summed E-state index contributed by atoms with van der Waals surface area (Å²) in [5.41, 5.74) is 0.425. The Morgan fingerprint density at radius 1 is 0.846 bits per heavy atom. The molecule has 1 aromatic rings. The third-order valence-electron chi connectivity index (χ3n) is 7.32. The molecule has 0 amide bonds. The van der Waals surface area contributed by atoms with Gasteiger partial charge >= 0.3 is 0 Å². The first kappa shape index (κ1) is 20.0. The SMILES string of the molecule is CCCC1CCC(C2CCC(C[SiH2]c3ccc(C)c(F)c3F)CC2)CC1. The van der Waals surface area contributed by atoms with Crippen molar-refractivity contribution in [2.45, 2.75) is 84.1 Å². The maximum absolute atomic E-state index is 14.1. The van der Waals surface area contributed by atoms with Gasteiger partial charge in [-0.15, -0.1) is 0 Å². The molecule has 3 heteroatoms. The summed E-state index contributed by atoms with van der Waals surface area (Å²) < 4.78 is 27.8. The van der Waals surface area contributed by atoms with Crippen LogP contribution >= 0.6 is 0 Å². The summed E-state index contributed by atoms with van der Waals surface area (Å²) in [6.45, 7) is 3.95. The van der Waals surface area contributed by atoms with Gasteiger partial charge in [0.05, 0.1) is 9.52 Å². The zero-order valence-corrected chi connectivity index (χ0v) is 18.1. The number of aryl methyl sites for hydroxylation is 1. The Bertz CT molecular complexity index is 570. The number of hydrogen-bond donors (Lipinski definition) is 0. The van der Waals surface area contributed by atoms with Crippen LogP contribution in [0.25, 0.3) is 0 Å². The minimum atomic E-state index is -0.691. The molecule has 2 aliphatic carbocycles. The van der Waals surface area contributed by atoms with E-state index in [0.29, 0.717) is 10.8 Å². The van der Waals surface area contributed by atoms with E-state index in [4.69, 9.17) is 0 Å². The molecule has 0 unspecified atom stereocenters. The van der Waals surface area contributed by atoms with E-state index in [-0.39, 0.29) is 0 Å². The average molecular weight is 379 g/mol. The molecule has 1 aromatic carbocycles. The molecule has 0 radical (unpaired) electrons. The maximum atomic E-state index is 14.1. The van der Waals surface area contributed by atoms with Crippen LogP contribution in [0.15, 0.2) is 12.1 Å². The molecule has 0 nitrogen and oxygen atoms in total. The Morgan fingerprint density at radius 2 is 1.42 bits per heavy atom. The second-order valence-corrected chi connectivity index (χ2v) is 10.9. The van der Waals surface area contributed by atoms with Gasteiger partial charge in [-0.2, -0.15) is 0 Å². The van der Waals surface area contributed by atoms with E-state index in [2.05, 4.69) is 6.92 Å². The van der Waals surface area contributed by atoms with Crippen LogP contribution in [-0.4, -0.2) is 9.52 Å². The molecule has 0 aromatic heterocycles. The molecule has 2 aliphatic rings. The minimum absolute atomic E-state index is 0.425. The Kier molecular flexibility index (Phi) is 7.31. The molecular formula is C23H36F2Si. The first-order valence-corrected chi connectivity index (χ1v) is 12.7. The van der Waals surface area contributed by atoms with Crippen molar-refractivity contribution in [1.29, 1.82) is 0 Å². The van der Waals surface area contributed by atoms with Crippen molar-refractivity contribution in [2.75, 3.05) is 0 Å².